The molecule has 2 fully saturated rings. The molecule has 2 aliphatic rings. The highest BCUT2D eigenvalue weighted by Gasteiger charge is 2.42. The minimum atomic E-state index is 0.243. The molecule has 1 saturated heterocycles. The van der Waals surface area contributed by atoms with Crippen LogP contribution < -0.4 is 5.73 Å². The summed E-state index contributed by atoms with van der Waals surface area (Å²) in [5.74, 6) is 0. The van der Waals surface area contributed by atoms with Gasteiger partial charge >= 0.3 is 0 Å². The Labute approximate surface area is 120 Å². The van der Waals surface area contributed by atoms with E-state index in [2.05, 4.69) is 23.1 Å². The minimum Gasteiger partial charge on any atom is -0.330 e. The molecule has 0 radical (unpaired) electrons. The first-order valence-corrected chi connectivity index (χ1v) is 7.83. The van der Waals surface area contributed by atoms with E-state index in [1.807, 2.05) is 0 Å². The molecule has 0 bridgehead atoms. The number of rotatable bonds is 4. The molecule has 2 nitrogen and oxygen atoms in total. The summed E-state index contributed by atoms with van der Waals surface area (Å²) in [5, 5.41) is 0.919. The smallest absolute Gasteiger partial charge is 0.0453 e. The van der Waals surface area contributed by atoms with Gasteiger partial charge < -0.3 is 5.73 Å². The van der Waals surface area contributed by atoms with E-state index < -0.39 is 0 Å². The molecule has 3 heteroatoms. The Hall–Kier alpha value is -0.570. The van der Waals surface area contributed by atoms with E-state index in [-0.39, 0.29) is 5.41 Å². The van der Waals surface area contributed by atoms with Crippen LogP contribution in [0.2, 0.25) is 5.02 Å². The molecular formula is C16H23ClN2. The molecule has 3 rings (SSSR count). The molecule has 1 aromatic carbocycles. The fraction of sp³-hybridized carbons (Fsp3) is 0.625. The maximum absolute atomic E-state index is 6.47. The zero-order chi connectivity index (χ0) is 13.3. The number of piperidine rings is 1. The van der Waals surface area contributed by atoms with Crippen LogP contribution in [0, 0.1) is 0 Å². The van der Waals surface area contributed by atoms with Crippen LogP contribution in [0.25, 0.3) is 0 Å². The van der Waals surface area contributed by atoms with Crippen molar-refractivity contribution >= 4 is 11.6 Å². The van der Waals surface area contributed by atoms with Gasteiger partial charge in [0.15, 0.2) is 0 Å². The predicted octanol–water partition coefficient (Wildman–Crippen LogP) is 3.32. The Balaban J connectivity index is 1.72. The molecule has 1 aliphatic carbocycles. The lowest BCUT2D eigenvalue weighted by molar-refractivity contribution is 0.221. The fourth-order valence-corrected chi connectivity index (χ4v) is 3.37. The number of halogens is 1. The summed E-state index contributed by atoms with van der Waals surface area (Å²) >= 11 is 6.47. The van der Waals surface area contributed by atoms with Crippen molar-refractivity contribution in [3.63, 3.8) is 0 Å². The van der Waals surface area contributed by atoms with Crippen molar-refractivity contribution in [2.45, 2.75) is 44.1 Å². The van der Waals surface area contributed by atoms with E-state index in [9.17, 15) is 0 Å². The topological polar surface area (TPSA) is 29.3 Å². The Bertz CT molecular complexity index is 448. The zero-order valence-electron chi connectivity index (χ0n) is 11.5. The van der Waals surface area contributed by atoms with Crippen LogP contribution in [-0.4, -0.2) is 24.5 Å². The van der Waals surface area contributed by atoms with Gasteiger partial charge in [-0.05, 0) is 56.0 Å². The third kappa shape index (κ3) is 2.81. The summed E-state index contributed by atoms with van der Waals surface area (Å²) in [7, 11) is 0. The lowest BCUT2D eigenvalue weighted by Crippen LogP contribution is -2.29. The Morgan fingerprint density at radius 1 is 1.16 bits per heavy atom. The molecule has 0 aromatic heterocycles. The van der Waals surface area contributed by atoms with Gasteiger partial charge in [-0.1, -0.05) is 30.2 Å². The number of hydrogen-bond donors (Lipinski definition) is 1. The van der Waals surface area contributed by atoms with Gasteiger partial charge in [0.1, 0.15) is 0 Å². The summed E-state index contributed by atoms with van der Waals surface area (Å²) < 4.78 is 0. The normalized spacial score (nSPS) is 22.4. The second-order valence-corrected chi connectivity index (χ2v) is 6.53. The van der Waals surface area contributed by atoms with Crippen molar-refractivity contribution in [3.05, 3.63) is 34.3 Å². The van der Waals surface area contributed by atoms with Crippen molar-refractivity contribution in [1.82, 2.24) is 4.90 Å². The largest absolute Gasteiger partial charge is 0.330 e. The fourth-order valence-electron chi connectivity index (χ4n) is 3.13. The molecule has 1 saturated carbocycles. The van der Waals surface area contributed by atoms with E-state index in [0.29, 0.717) is 0 Å². The number of benzene rings is 1. The lowest BCUT2D eigenvalue weighted by atomic mass is 9.95. The second-order valence-electron chi connectivity index (χ2n) is 6.13. The molecule has 0 unspecified atom stereocenters. The quantitative estimate of drug-likeness (QED) is 0.915. The number of nitrogens with two attached hydrogens (primary N) is 1. The molecule has 0 amide bonds. The van der Waals surface area contributed by atoms with Gasteiger partial charge in [-0.3, -0.25) is 4.90 Å². The molecule has 1 aromatic rings. The summed E-state index contributed by atoms with van der Waals surface area (Å²) in [4.78, 5) is 2.51. The number of likely N-dealkylation sites (tertiary alicyclic amines) is 1. The van der Waals surface area contributed by atoms with E-state index in [1.54, 1.807) is 0 Å². The van der Waals surface area contributed by atoms with Crippen LogP contribution >= 0.6 is 11.6 Å². The molecule has 19 heavy (non-hydrogen) atoms. The van der Waals surface area contributed by atoms with Crippen molar-refractivity contribution in [2.75, 3.05) is 19.6 Å². The lowest BCUT2D eigenvalue weighted by Gasteiger charge is -2.27. The molecule has 104 valence electrons. The standard InChI is InChI=1S/C16H23ClN2/c17-15-10-14(16(12-18)6-7-16)5-4-13(15)11-19-8-2-1-3-9-19/h4-5,10H,1-3,6-9,11-12,18H2. The summed E-state index contributed by atoms with van der Waals surface area (Å²) in [6.45, 7) is 4.17. The highest BCUT2D eigenvalue weighted by molar-refractivity contribution is 6.31. The zero-order valence-corrected chi connectivity index (χ0v) is 12.3. The summed E-state index contributed by atoms with van der Waals surface area (Å²) in [6, 6.07) is 6.60. The molecular weight excluding hydrogens is 256 g/mol. The first-order valence-electron chi connectivity index (χ1n) is 7.45. The maximum atomic E-state index is 6.47. The predicted molar refractivity (Wildman–Crippen MR) is 80.5 cm³/mol. The Kier molecular flexibility index (Phi) is 3.84. The van der Waals surface area contributed by atoms with E-state index >= 15 is 0 Å². The van der Waals surface area contributed by atoms with Crippen LogP contribution in [0.4, 0.5) is 0 Å². The first-order chi connectivity index (χ1) is 9.23. The SMILES string of the molecule is NCC1(c2ccc(CN3CCCCC3)c(Cl)c2)CC1. The molecule has 0 atom stereocenters. The monoisotopic (exact) mass is 278 g/mol. The van der Waals surface area contributed by atoms with Gasteiger partial charge in [0, 0.05) is 23.5 Å². The third-order valence-electron chi connectivity index (χ3n) is 4.75. The van der Waals surface area contributed by atoms with E-state index in [0.717, 1.165) is 18.1 Å². The maximum Gasteiger partial charge on any atom is 0.0453 e. The Morgan fingerprint density at radius 2 is 1.89 bits per heavy atom. The average Bonchev–Trinajstić information content (AvgIpc) is 3.23. The molecule has 0 spiro atoms. The Morgan fingerprint density at radius 3 is 2.47 bits per heavy atom. The van der Waals surface area contributed by atoms with Crippen LogP contribution in [0.5, 0.6) is 0 Å². The molecule has 1 heterocycles. The highest BCUT2D eigenvalue weighted by Crippen LogP contribution is 2.47. The van der Waals surface area contributed by atoms with Gasteiger partial charge in [-0.25, -0.2) is 0 Å². The van der Waals surface area contributed by atoms with Crippen molar-refractivity contribution in [3.8, 4) is 0 Å². The molecule has 2 N–H and O–H groups in total. The minimum absolute atomic E-state index is 0.243. The third-order valence-corrected chi connectivity index (χ3v) is 5.10. The first kappa shape index (κ1) is 13.4. The van der Waals surface area contributed by atoms with Crippen molar-refractivity contribution in [2.24, 2.45) is 5.73 Å². The summed E-state index contributed by atoms with van der Waals surface area (Å²) in [5.41, 5.74) is 8.73. The highest BCUT2D eigenvalue weighted by atomic mass is 35.5. The van der Waals surface area contributed by atoms with Crippen LogP contribution in [0.15, 0.2) is 18.2 Å². The van der Waals surface area contributed by atoms with Gasteiger partial charge in [0.05, 0.1) is 0 Å². The van der Waals surface area contributed by atoms with E-state index in [1.165, 1.54) is 56.3 Å². The van der Waals surface area contributed by atoms with Crippen LogP contribution in [-0.2, 0) is 12.0 Å². The van der Waals surface area contributed by atoms with Gasteiger partial charge in [0.25, 0.3) is 0 Å². The number of hydrogen-bond acceptors (Lipinski definition) is 2. The second kappa shape index (κ2) is 5.43. The van der Waals surface area contributed by atoms with Gasteiger partial charge in [-0.15, -0.1) is 0 Å². The average molecular weight is 279 g/mol. The van der Waals surface area contributed by atoms with E-state index in [4.69, 9.17) is 17.3 Å². The number of nitrogens with zero attached hydrogens (tertiary/aromatic N) is 1. The summed E-state index contributed by atoms with van der Waals surface area (Å²) in [6.07, 6.45) is 6.46. The van der Waals surface area contributed by atoms with Crippen LogP contribution in [0.1, 0.15) is 43.2 Å². The molecule has 1 aliphatic heterocycles. The van der Waals surface area contributed by atoms with Crippen LogP contribution in [0.3, 0.4) is 0 Å². The van der Waals surface area contributed by atoms with Gasteiger partial charge in [0.2, 0.25) is 0 Å². The van der Waals surface area contributed by atoms with Crippen molar-refractivity contribution in [1.29, 1.82) is 0 Å². The van der Waals surface area contributed by atoms with Crippen molar-refractivity contribution < 1.29 is 0 Å². The van der Waals surface area contributed by atoms with Gasteiger partial charge in [-0.2, -0.15) is 0 Å².